The van der Waals surface area contributed by atoms with Crippen molar-refractivity contribution in [1.82, 2.24) is 5.32 Å². The summed E-state index contributed by atoms with van der Waals surface area (Å²) < 4.78 is 19.0. The Morgan fingerprint density at radius 1 is 1.19 bits per heavy atom. The normalized spacial score (nSPS) is 10.0. The molecule has 0 spiro atoms. The summed E-state index contributed by atoms with van der Waals surface area (Å²) in [6.45, 7) is 0.569. The summed E-state index contributed by atoms with van der Waals surface area (Å²) in [6.07, 6.45) is 0. The molecule has 0 bridgehead atoms. The van der Waals surface area contributed by atoms with E-state index in [4.69, 9.17) is 4.74 Å². The van der Waals surface area contributed by atoms with Gasteiger partial charge in [0.15, 0.2) is 0 Å². The molecular formula is C15H14BrFN2O2. The van der Waals surface area contributed by atoms with Crippen molar-refractivity contribution in [3.8, 4) is 5.75 Å². The molecule has 0 aliphatic rings. The second-order valence-corrected chi connectivity index (χ2v) is 5.02. The summed E-state index contributed by atoms with van der Waals surface area (Å²) in [5.41, 5.74) is 0.682. The molecule has 4 nitrogen and oxygen atoms in total. The Morgan fingerprint density at radius 3 is 2.76 bits per heavy atom. The lowest BCUT2D eigenvalue weighted by atomic mass is 10.3. The zero-order chi connectivity index (χ0) is 15.1. The van der Waals surface area contributed by atoms with E-state index in [0.717, 1.165) is 4.47 Å². The van der Waals surface area contributed by atoms with Crippen LogP contribution < -0.4 is 15.4 Å². The molecule has 0 aliphatic carbocycles. The summed E-state index contributed by atoms with van der Waals surface area (Å²) in [4.78, 5) is 11.7. The van der Waals surface area contributed by atoms with Gasteiger partial charge in [0.05, 0.1) is 12.2 Å². The number of rotatable bonds is 5. The van der Waals surface area contributed by atoms with Gasteiger partial charge >= 0.3 is 6.03 Å². The molecule has 0 aliphatic heterocycles. The molecule has 0 saturated carbocycles. The minimum Gasteiger partial charge on any atom is -0.492 e. The van der Waals surface area contributed by atoms with Crippen molar-refractivity contribution in [2.75, 3.05) is 18.5 Å². The minimum atomic E-state index is -0.355. The lowest BCUT2D eigenvalue weighted by Gasteiger charge is -2.10. The number of benzene rings is 2. The van der Waals surface area contributed by atoms with Gasteiger partial charge in [-0.25, -0.2) is 9.18 Å². The zero-order valence-corrected chi connectivity index (χ0v) is 12.7. The fraction of sp³-hybridized carbons (Fsp3) is 0.133. The maximum Gasteiger partial charge on any atom is 0.319 e. The van der Waals surface area contributed by atoms with E-state index >= 15 is 0 Å². The number of urea groups is 1. The van der Waals surface area contributed by atoms with E-state index in [-0.39, 0.29) is 18.5 Å². The van der Waals surface area contributed by atoms with Crippen molar-refractivity contribution in [2.24, 2.45) is 0 Å². The van der Waals surface area contributed by atoms with Gasteiger partial charge in [0.25, 0.3) is 0 Å². The number of amides is 2. The smallest absolute Gasteiger partial charge is 0.319 e. The van der Waals surface area contributed by atoms with E-state index in [1.165, 1.54) is 12.1 Å². The Hall–Kier alpha value is -2.08. The van der Waals surface area contributed by atoms with E-state index in [2.05, 4.69) is 26.6 Å². The maximum absolute atomic E-state index is 12.9. The molecule has 0 unspecified atom stereocenters. The van der Waals surface area contributed by atoms with Gasteiger partial charge in [-0.15, -0.1) is 0 Å². The number of nitrogens with one attached hydrogen (secondary N) is 2. The molecular weight excluding hydrogens is 339 g/mol. The minimum absolute atomic E-state index is 0.257. The first-order chi connectivity index (χ1) is 10.1. The van der Waals surface area contributed by atoms with Gasteiger partial charge < -0.3 is 15.4 Å². The Labute approximate surface area is 130 Å². The number of hydrogen-bond acceptors (Lipinski definition) is 2. The van der Waals surface area contributed by atoms with Crippen LogP contribution in [0.3, 0.4) is 0 Å². The van der Waals surface area contributed by atoms with Crippen LogP contribution in [-0.2, 0) is 0 Å². The van der Waals surface area contributed by atoms with Crippen LogP contribution in [0.25, 0.3) is 0 Å². The molecule has 0 atom stereocenters. The molecule has 21 heavy (non-hydrogen) atoms. The quantitative estimate of drug-likeness (QED) is 0.804. The number of para-hydroxylation sites is 1. The van der Waals surface area contributed by atoms with E-state index in [9.17, 15) is 9.18 Å². The number of ether oxygens (including phenoxy) is 1. The molecule has 0 radical (unpaired) electrons. The molecule has 2 rings (SSSR count). The SMILES string of the molecule is O=C(NCCOc1cccc(F)c1)Nc1ccccc1Br. The Morgan fingerprint density at radius 2 is 2.00 bits per heavy atom. The summed E-state index contributed by atoms with van der Waals surface area (Å²) in [7, 11) is 0. The third kappa shape index (κ3) is 5.07. The average molecular weight is 353 g/mol. The van der Waals surface area contributed by atoms with Crippen molar-refractivity contribution in [1.29, 1.82) is 0 Å². The van der Waals surface area contributed by atoms with Gasteiger partial charge in [-0.05, 0) is 40.2 Å². The summed E-state index contributed by atoms with van der Waals surface area (Å²) >= 11 is 3.34. The molecule has 110 valence electrons. The first-order valence-electron chi connectivity index (χ1n) is 6.33. The summed E-state index contributed by atoms with van der Waals surface area (Å²) in [5, 5.41) is 5.36. The number of anilines is 1. The third-order valence-electron chi connectivity index (χ3n) is 2.57. The molecule has 6 heteroatoms. The Kier molecular flexibility index (Phi) is 5.57. The Balaban J connectivity index is 1.71. The molecule has 2 N–H and O–H groups in total. The van der Waals surface area contributed by atoms with Crippen LogP contribution >= 0.6 is 15.9 Å². The first kappa shape index (κ1) is 15.3. The van der Waals surface area contributed by atoms with Gasteiger partial charge in [-0.3, -0.25) is 0 Å². The lowest BCUT2D eigenvalue weighted by Crippen LogP contribution is -2.32. The van der Waals surface area contributed by atoms with Crippen LogP contribution in [0.15, 0.2) is 53.0 Å². The molecule has 2 aromatic carbocycles. The van der Waals surface area contributed by atoms with Crippen LogP contribution in [0.4, 0.5) is 14.9 Å². The van der Waals surface area contributed by atoms with Gasteiger partial charge in [0.2, 0.25) is 0 Å². The topological polar surface area (TPSA) is 50.4 Å². The van der Waals surface area contributed by atoms with E-state index in [0.29, 0.717) is 18.0 Å². The van der Waals surface area contributed by atoms with Crippen LogP contribution in [0.5, 0.6) is 5.75 Å². The number of halogens is 2. The van der Waals surface area contributed by atoms with Crippen LogP contribution in [0.2, 0.25) is 0 Å². The van der Waals surface area contributed by atoms with Crippen molar-refractivity contribution in [3.63, 3.8) is 0 Å². The van der Waals surface area contributed by atoms with Gasteiger partial charge in [-0.1, -0.05) is 18.2 Å². The maximum atomic E-state index is 12.9. The molecule has 0 fully saturated rings. The predicted octanol–water partition coefficient (Wildman–Crippen LogP) is 3.79. The molecule has 0 heterocycles. The van der Waals surface area contributed by atoms with Gasteiger partial charge in [-0.2, -0.15) is 0 Å². The van der Waals surface area contributed by atoms with Crippen molar-refractivity contribution < 1.29 is 13.9 Å². The molecule has 2 aromatic rings. The standard InChI is InChI=1S/C15H14BrFN2O2/c16-13-6-1-2-7-14(13)19-15(20)18-8-9-21-12-5-3-4-11(17)10-12/h1-7,10H,8-9H2,(H2,18,19,20). The van der Waals surface area contributed by atoms with E-state index < -0.39 is 0 Å². The van der Waals surface area contributed by atoms with Crippen LogP contribution in [0.1, 0.15) is 0 Å². The number of hydrogen-bond donors (Lipinski definition) is 2. The molecule has 2 amide bonds. The van der Waals surface area contributed by atoms with Crippen molar-refractivity contribution >= 4 is 27.6 Å². The number of carbonyl (C=O) groups is 1. The highest BCUT2D eigenvalue weighted by Crippen LogP contribution is 2.20. The van der Waals surface area contributed by atoms with Gasteiger partial charge in [0, 0.05) is 10.5 Å². The largest absolute Gasteiger partial charge is 0.492 e. The van der Waals surface area contributed by atoms with Crippen LogP contribution in [-0.4, -0.2) is 19.2 Å². The third-order valence-corrected chi connectivity index (χ3v) is 3.27. The predicted molar refractivity (Wildman–Crippen MR) is 83.1 cm³/mol. The molecule has 0 saturated heterocycles. The monoisotopic (exact) mass is 352 g/mol. The van der Waals surface area contributed by atoms with Crippen LogP contribution in [0, 0.1) is 5.82 Å². The fourth-order valence-corrected chi connectivity index (χ4v) is 2.00. The van der Waals surface area contributed by atoms with E-state index in [1.54, 1.807) is 18.2 Å². The molecule has 0 aromatic heterocycles. The highest BCUT2D eigenvalue weighted by molar-refractivity contribution is 9.10. The van der Waals surface area contributed by atoms with Gasteiger partial charge in [0.1, 0.15) is 18.2 Å². The Bertz CT molecular complexity index is 622. The zero-order valence-electron chi connectivity index (χ0n) is 11.1. The fourth-order valence-electron chi connectivity index (χ4n) is 1.62. The highest BCUT2D eigenvalue weighted by Gasteiger charge is 2.04. The van der Waals surface area contributed by atoms with E-state index in [1.807, 2.05) is 18.2 Å². The first-order valence-corrected chi connectivity index (χ1v) is 7.12. The summed E-state index contributed by atoms with van der Waals surface area (Å²) in [6, 6.07) is 12.8. The van der Waals surface area contributed by atoms with Crippen molar-refractivity contribution in [2.45, 2.75) is 0 Å². The average Bonchev–Trinajstić information content (AvgIpc) is 2.46. The number of carbonyl (C=O) groups excluding carboxylic acids is 1. The second-order valence-electron chi connectivity index (χ2n) is 4.17. The highest BCUT2D eigenvalue weighted by atomic mass is 79.9. The lowest BCUT2D eigenvalue weighted by molar-refractivity contribution is 0.247. The summed E-state index contributed by atoms with van der Waals surface area (Å²) in [5.74, 6) is 0.0788. The second kappa shape index (κ2) is 7.64. The van der Waals surface area contributed by atoms with Crippen molar-refractivity contribution in [3.05, 3.63) is 58.8 Å².